The Bertz CT molecular complexity index is 500. The molecule has 0 aromatic carbocycles. The number of furan rings is 1. The van der Waals surface area contributed by atoms with E-state index >= 15 is 0 Å². The van der Waals surface area contributed by atoms with Gasteiger partial charge in [-0.3, -0.25) is 0 Å². The Morgan fingerprint density at radius 1 is 1.35 bits per heavy atom. The molecule has 0 saturated carbocycles. The van der Waals surface area contributed by atoms with Gasteiger partial charge < -0.3 is 9.73 Å². The number of hydrogen-bond acceptors (Lipinski definition) is 4. The molecule has 0 spiro atoms. The number of nitrogens with zero attached hydrogens (tertiary/aromatic N) is 2. The maximum atomic E-state index is 8.87. The molecule has 0 bridgehead atoms. The van der Waals surface area contributed by atoms with Gasteiger partial charge in [0, 0.05) is 31.3 Å². The molecular weight excluding hydrogens is 214 g/mol. The zero-order valence-electron chi connectivity index (χ0n) is 9.39. The lowest BCUT2D eigenvalue weighted by atomic mass is 10.2. The molecule has 0 amide bonds. The molecule has 1 N–H and O–H groups in total. The molecule has 0 aliphatic heterocycles. The summed E-state index contributed by atoms with van der Waals surface area (Å²) in [6, 6.07) is 9.66. The van der Waals surface area contributed by atoms with Crippen molar-refractivity contribution in [1.82, 2.24) is 10.3 Å². The third kappa shape index (κ3) is 3.16. The maximum Gasteiger partial charge on any atom is 0.144 e. The van der Waals surface area contributed by atoms with E-state index in [1.807, 2.05) is 24.3 Å². The first kappa shape index (κ1) is 11.4. The van der Waals surface area contributed by atoms with Gasteiger partial charge in [-0.25, -0.2) is 4.98 Å². The molecule has 2 heterocycles. The second-order valence-electron chi connectivity index (χ2n) is 3.63. The fraction of sp³-hybridized carbons (Fsp3) is 0.231. The number of pyridine rings is 1. The van der Waals surface area contributed by atoms with Gasteiger partial charge in [0.05, 0.1) is 6.26 Å². The summed E-state index contributed by atoms with van der Waals surface area (Å²) in [7, 11) is 0. The predicted molar refractivity (Wildman–Crippen MR) is 63.1 cm³/mol. The molecule has 0 unspecified atom stereocenters. The van der Waals surface area contributed by atoms with E-state index in [1.54, 1.807) is 12.5 Å². The standard InChI is InChI=1S/C13H13N3O/c14-9-13-11(3-1-6-16-13)10-15-7-5-12-4-2-8-17-12/h1-4,6,8,15H,5,7,10H2. The average molecular weight is 227 g/mol. The van der Waals surface area contributed by atoms with Crippen molar-refractivity contribution < 1.29 is 4.42 Å². The van der Waals surface area contributed by atoms with E-state index in [1.165, 1.54) is 0 Å². The molecule has 4 heteroatoms. The number of aromatic nitrogens is 1. The van der Waals surface area contributed by atoms with Crippen molar-refractivity contribution in [3.8, 4) is 6.07 Å². The average Bonchev–Trinajstić information content (AvgIpc) is 2.88. The molecule has 0 aliphatic rings. The Labute approximate surface area is 99.9 Å². The van der Waals surface area contributed by atoms with E-state index in [4.69, 9.17) is 9.68 Å². The molecule has 0 fully saturated rings. The van der Waals surface area contributed by atoms with Gasteiger partial charge >= 0.3 is 0 Å². The first-order valence-electron chi connectivity index (χ1n) is 5.47. The van der Waals surface area contributed by atoms with Crippen LogP contribution < -0.4 is 5.32 Å². The number of nitrogens with one attached hydrogen (secondary N) is 1. The second kappa shape index (κ2) is 5.83. The highest BCUT2D eigenvalue weighted by Crippen LogP contribution is 2.04. The summed E-state index contributed by atoms with van der Waals surface area (Å²) in [4.78, 5) is 4.01. The normalized spacial score (nSPS) is 10.1. The van der Waals surface area contributed by atoms with Crippen LogP contribution in [0.2, 0.25) is 0 Å². The molecule has 2 aromatic rings. The summed E-state index contributed by atoms with van der Waals surface area (Å²) in [6.45, 7) is 1.46. The van der Waals surface area contributed by atoms with Gasteiger partial charge in [-0.15, -0.1) is 0 Å². The first-order chi connectivity index (χ1) is 8.40. The summed E-state index contributed by atoms with van der Waals surface area (Å²) >= 11 is 0. The summed E-state index contributed by atoms with van der Waals surface area (Å²) in [6.07, 6.45) is 4.14. The smallest absolute Gasteiger partial charge is 0.144 e. The molecule has 17 heavy (non-hydrogen) atoms. The Hall–Kier alpha value is -2.12. The molecule has 0 aliphatic carbocycles. The SMILES string of the molecule is N#Cc1ncccc1CNCCc1ccco1. The van der Waals surface area contributed by atoms with E-state index in [0.29, 0.717) is 12.2 Å². The molecule has 86 valence electrons. The van der Waals surface area contributed by atoms with Crippen LogP contribution in [0.15, 0.2) is 41.1 Å². The van der Waals surface area contributed by atoms with Crippen molar-refractivity contribution in [3.63, 3.8) is 0 Å². The summed E-state index contributed by atoms with van der Waals surface area (Å²) in [5.74, 6) is 0.962. The molecule has 0 saturated heterocycles. The Morgan fingerprint density at radius 2 is 2.29 bits per heavy atom. The van der Waals surface area contributed by atoms with Crippen LogP contribution in [0.25, 0.3) is 0 Å². The quantitative estimate of drug-likeness (QED) is 0.792. The highest BCUT2D eigenvalue weighted by atomic mass is 16.3. The molecule has 2 aromatic heterocycles. The van der Waals surface area contributed by atoms with Crippen LogP contribution in [-0.4, -0.2) is 11.5 Å². The number of hydrogen-bond donors (Lipinski definition) is 1. The van der Waals surface area contributed by atoms with Crippen molar-refractivity contribution in [2.24, 2.45) is 0 Å². The molecule has 0 atom stereocenters. The lowest BCUT2D eigenvalue weighted by molar-refractivity contribution is 0.498. The third-order valence-corrected chi connectivity index (χ3v) is 2.44. The Kier molecular flexibility index (Phi) is 3.90. The molecule has 2 rings (SSSR count). The van der Waals surface area contributed by atoms with Crippen LogP contribution in [0.3, 0.4) is 0 Å². The van der Waals surface area contributed by atoms with Crippen LogP contribution >= 0.6 is 0 Å². The Balaban J connectivity index is 1.80. The zero-order chi connectivity index (χ0) is 11.9. The number of nitriles is 1. The van der Waals surface area contributed by atoms with Crippen LogP contribution in [0, 0.1) is 11.3 Å². The van der Waals surface area contributed by atoms with Gasteiger partial charge in [0.25, 0.3) is 0 Å². The van der Waals surface area contributed by atoms with Gasteiger partial charge in [0.1, 0.15) is 17.5 Å². The maximum absolute atomic E-state index is 8.87. The van der Waals surface area contributed by atoms with Crippen molar-refractivity contribution in [2.45, 2.75) is 13.0 Å². The van der Waals surface area contributed by atoms with E-state index in [2.05, 4.69) is 16.4 Å². The minimum atomic E-state index is 0.484. The lowest BCUT2D eigenvalue weighted by Crippen LogP contribution is -2.17. The zero-order valence-corrected chi connectivity index (χ0v) is 9.39. The molecular formula is C13H13N3O. The predicted octanol–water partition coefficient (Wildman–Crippen LogP) is 1.88. The van der Waals surface area contributed by atoms with Gasteiger partial charge in [0.15, 0.2) is 0 Å². The number of rotatable bonds is 5. The van der Waals surface area contributed by atoms with Gasteiger partial charge in [0.2, 0.25) is 0 Å². The van der Waals surface area contributed by atoms with E-state index in [0.717, 1.165) is 24.3 Å². The molecule has 4 nitrogen and oxygen atoms in total. The molecule has 0 radical (unpaired) electrons. The van der Waals surface area contributed by atoms with Crippen molar-refractivity contribution in [1.29, 1.82) is 5.26 Å². The summed E-state index contributed by atoms with van der Waals surface area (Å²) in [5, 5.41) is 12.1. The van der Waals surface area contributed by atoms with Crippen LogP contribution in [0.4, 0.5) is 0 Å². The van der Waals surface area contributed by atoms with Crippen molar-refractivity contribution in [2.75, 3.05) is 6.54 Å². The minimum absolute atomic E-state index is 0.484. The fourth-order valence-corrected chi connectivity index (χ4v) is 1.57. The largest absolute Gasteiger partial charge is 0.469 e. The Morgan fingerprint density at radius 3 is 3.06 bits per heavy atom. The van der Waals surface area contributed by atoms with Gasteiger partial charge in [-0.05, 0) is 18.2 Å². The van der Waals surface area contributed by atoms with Gasteiger partial charge in [-0.1, -0.05) is 6.07 Å². The highest BCUT2D eigenvalue weighted by Gasteiger charge is 2.01. The summed E-state index contributed by atoms with van der Waals surface area (Å²) in [5.41, 5.74) is 1.41. The first-order valence-corrected chi connectivity index (χ1v) is 5.47. The van der Waals surface area contributed by atoms with Crippen molar-refractivity contribution in [3.05, 3.63) is 53.7 Å². The third-order valence-electron chi connectivity index (χ3n) is 2.44. The van der Waals surface area contributed by atoms with Crippen LogP contribution in [0.5, 0.6) is 0 Å². The lowest BCUT2D eigenvalue weighted by Gasteiger charge is -2.04. The second-order valence-corrected chi connectivity index (χ2v) is 3.63. The topological polar surface area (TPSA) is 61.9 Å². The van der Waals surface area contributed by atoms with E-state index in [9.17, 15) is 0 Å². The highest BCUT2D eigenvalue weighted by molar-refractivity contribution is 5.30. The van der Waals surface area contributed by atoms with Crippen LogP contribution in [0.1, 0.15) is 17.0 Å². The van der Waals surface area contributed by atoms with E-state index < -0.39 is 0 Å². The monoisotopic (exact) mass is 227 g/mol. The van der Waals surface area contributed by atoms with E-state index in [-0.39, 0.29) is 0 Å². The minimum Gasteiger partial charge on any atom is -0.469 e. The fourth-order valence-electron chi connectivity index (χ4n) is 1.57. The summed E-state index contributed by atoms with van der Waals surface area (Å²) < 4.78 is 5.23. The van der Waals surface area contributed by atoms with Crippen molar-refractivity contribution >= 4 is 0 Å². The van der Waals surface area contributed by atoms with Gasteiger partial charge in [-0.2, -0.15) is 5.26 Å². The van der Waals surface area contributed by atoms with Crippen LogP contribution in [-0.2, 0) is 13.0 Å².